The minimum absolute atomic E-state index is 0.0971. The molecule has 0 aliphatic rings. The summed E-state index contributed by atoms with van der Waals surface area (Å²) in [6.45, 7) is 5.05. The highest BCUT2D eigenvalue weighted by Crippen LogP contribution is 2.19. The molecule has 1 aromatic carbocycles. The van der Waals surface area contributed by atoms with Crippen LogP contribution in [0.4, 0.5) is 5.69 Å². The van der Waals surface area contributed by atoms with Crippen molar-refractivity contribution >= 4 is 5.69 Å². The van der Waals surface area contributed by atoms with Gasteiger partial charge in [-0.15, -0.1) is 0 Å². The zero-order chi connectivity index (χ0) is 13.7. The number of hydrogen-bond acceptors (Lipinski definition) is 4. The smallest absolute Gasteiger partial charge is 0.269 e. The Labute approximate surface area is 108 Å². The standard InChI is InChI=1S/C13H21N3O2/c1-10(9-15(3)4)14-11(2)12-6-5-7-13(8-12)16(17)18/h5-8,10-11,14H,9H2,1-4H3. The van der Waals surface area contributed by atoms with Gasteiger partial charge in [-0.05, 0) is 33.5 Å². The highest BCUT2D eigenvalue weighted by atomic mass is 16.6. The fourth-order valence-corrected chi connectivity index (χ4v) is 2.03. The van der Waals surface area contributed by atoms with Gasteiger partial charge in [-0.2, -0.15) is 0 Å². The molecule has 0 fully saturated rings. The molecule has 0 saturated heterocycles. The van der Waals surface area contributed by atoms with Gasteiger partial charge in [0.05, 0.1) is 4.92 Å². The molecule has 2 atom stereocenters. The Morgan fingerprint density at radius 3 is 2.61 bits per heavy atom. The van der Waals surface area contributed by atoms with Crippen LogP contribution in [0.5, 0.6) is 0 Å². The second-order valence-corrected chi connectivity index (χ2v) is 4.90. The maximum Gasteiger partial charge on any atom is 0.269 e. The molecule has 1 aromatic rings. The number of rotatable bonds is 6. The van der Waals surface area contributed by atoms with Crippen molar-refractivity contribution in [3.8, 4) is 0 Å². The molecule has 1 N–H and O–H groups in total. The van der Waals surface area contributed by atoms with Crippen LogP contribution >= 0.6 is 0 Å². The van der Waals surface area contributed by atoms with E-state index in [4.69, 9.17) is 0 Å². The normalized spacial score (nSPS) is 14.5. The number of nitro benzene ring substituents is 1. The molecule has 0 aliphatic carbocycles. The number of nitrogens with zero attached hydrogens (tertiary/aromatic N) is 2. The van der Waals surface area contributed by atoms with Crippen molar-refractivity contribution in [3.63, 3.8) is 0 Å². The molecule has 18 heavy (non-hydrogen) atoms. The van der Waals surface area contributed by atoms with Crippen LogP contribution in [0.3, 0.4) is 0 Å². The van der Waals surface area contributed by atoms with Crippen molar-refractivity contribution < 1.29 is 4.92 Å². The lowest BCUT2D eigenvalue weighted by Gasteiger charge is -2.23. The van der Waals surface area contributed by atoms with Crippen LogP contribution < -0.4 is 5.32 Å². The lowest BCUT2D eigenvalue weighted by molar-refractivity contribution is -0.384. The molecule has 0 bridgehead atoms. The van der Waals surface area contributed by atoms with Gasteiger partial charge in [0.25, 0.3) is 5.69 Å². The van der Waals surface area contributed by atoms with Gasteiger partial charge >= 0.3 is 0 Å². The van der Waals surface area contributed by atoms with Crippen molar-refractivity contribution in [2.75, 3.05) is 20.6 Å². The van der Waals surface area contributed by atoms with E-state index in [9.17, 15) is 10.1 Å². The van der Waals surface area contributed by atoms with Crippen molar-refractivity contribution in [2.45, 2.75) is 25.9 Å². The summed E-state index contributed by atoms with van der Waals surface area (Å²) in [6.07, 6.45) is 0. The van der Waals surface area contributed by atoms with Crippen LogP contribution in [0.1, 0.15) is 25.5 Å². The molecular formula is C13H21N3O2. The molecule has 0 heterocycles. The average molecular weight is 251 g/mol. The molecule has 0 saturated carbocycles. The Bertz CT molecular complexity index is 407. The molecule has 0 radical (unpaired) electrons. The summed E-state index contributed by atoms with van der Waals surface area (Å²) in [5.74, 6) is 0. The number of nitrogens with one attached hydrogen (secondary N) is 1. The number of non-ortho nitro benzene ring substituents is 1. The molecule has 0 aromatic heterocycles. The second kappa shape index (κ2) is 6.47. The van der Waals surface area contributed by atoms with Gasteiger partial charge in [0.15, 0.2) is 0 Å². The molecule has 5 heteroatoms. The fraction of sp³-hybridized carbons (Fsp3) is 0.538. The first-order valence-corrected chi connectivity index (χ1v) is 6.05. The summed E-state index contributed by atoms with van der Waals surface area (Å²) in [4.78, 5) is 12.5. The van der Waals surface area contributed by atoms with Crippen LogP contribution in [-0.4, -0.2) is 36.5 Å². The lowest BCUT2D eigenvalue weighted by atomic mass is 10.1. The molecular weight excluding hydrogens is 230 g/mol. The summed E-state index contributed by atoms with van der Waals surface area (Å²) in [6, 6.07) is 7.20. The third-order valence-electron chi connectivity index (χ3n) is 2.75. The van der Waals surface area contributed by atoms with E-state index in [1.165, 1.54) is 6.07 Å². The first kappa shape index (κ1) is 14.6. The van der Waals surface area contributed by atoms with E-state index in [2.05, 4.69) is 17.1 Å². The van der Waals surface area contributed by atoms with Crippen LogP contribution in [-0.2, 0) is 0 Å². The number of nitro groups is 1. The summed E-state index contributed by atoms with van der Waals surface area (Å²) in [5, 5.41) is 14.2. The Kier molecular flexibility index (Phi) is 5.25. The summed E-state index contributed by atoms with van der Waals surface area (Å²) in [5.41, 5.74) is 1.08. The van der Waals surface area contributed by atoms with E-state index < -0.39 is 0 Å². The van der Waals surface area contributed by atoms with Gasteiger partial charge in [0.2, 0.25) is 0 Å². The SMILES string of the molecule is CC(CN(C)C)NC(C)c1cccc([N+](=O)[O-])c1. The predicted octanol–water partition coefficient (Wildman–Crippen LogP) is 2.20. The Balaban J connectivity index is 2.69. The van der Waals surface area contributed by atoms with E-state index in [0.717, 1.165) is 12.1 Å². The van der Waals surface area contributed by atoms with E-state index >= 15 is 0 Å². The van der Waals surface area contributed by atoms with Crippen molar-refractivity contribution in [3.05, 3.63) is 39.9 Å². The maximum absolute atomic E-state index is 10.7. The molecule has 1 rings (SSSR count). The second-order valence-electron chi connectivity index (χ2n) is 4.90. The summed E-state index contributed by atoms with van der Waals surface area (Å²) in [7, 11) is 4.05. The first-order valence-electron chi connectivity index (χ1n) is 6.05. The summed E-state index contributed by atoms with van der Waals surface area (Å²) >= 11 is 0. The highest BCUT2D eigenvalue weighted by molar-refractivity contribution is 5.35. The lowest BCUT2D eigenvalue weighted by Crippen LogP contribution is -2.37. The van der Waals surface area contributed by atoms with Crippen molar-refractivity contribution in [2.24, 2.45) is 0 Å². The molecule has 0 amide bonds. The highest BCUT2D eigenvalue weighted by Gasteiger charge is 2.13. The monoisotopic (exact) mass is 251 g/mol. The van der Waals surface area contributed by atoms with E-state index in [1.54, 1.807) is 12.1 Å². The van der Waals surface area contributed by atoms with Crippen LogP contribution in [0, 0.1) is 10.1 Å². The van der Waals surface area contributed by atoms with Crippen molar-refractivity contribution in [1.82, 2.24) is 10.2 Å². The number of hydrogen-bond donors (Lipinski definition) is 1. The van der Waals surface area contributed by atoms with Crippen LogP contribution in [0.25, 0.3) is 0 Å². The van der Waals surface area contributed by atoms with E-state index in [-0.39, 0.29) is 16.7 Å². The Morgan fingerprint density at radius 2 is 2.06 bits per heavy atom. The third kappa shape index (κ3) is 4.43. The quantitative estimate of drug-likeness (QED) is 0.622. The topological polar surface area (TPSA) is 58.4 Å². The van der Waals surface area contributed by atoms with Crippen LogP contribution in [0.15, 0.2) is 24.3 Å². The molecule has 0 spiro atoms. The molecule has 5 nitrogen and oxygen atoms in total. The summed E-state index contributed by atoms with van der Waals surface area (Å²) < 4.78 is 0. The number of benzene rings is 1. The maximum atomic E-state index is 10.7. The number of likely N-dealkylation sites (N-methyl/N-ethyl adjacent to an activating group) is 1. The van der Waals surface area contributed by atoms with Crippen LogP contribution in [0.2, 0.25) is 0 Å². The zero-order valence-corrected chi connectivity index (χ0v) is 11.4. The van der Waals surface area contributed by atoms with E-state index in [0.29, 0.717) is 6.04 Å². The zero-order valence-electron chi connectivity index (χ0n) is 11.4. The van der Waals surface area contributed by atoms with Gasteiger partial charge in [0.1, 0.15) is 0 Å². The van der Waals surface area contributed by atoms with Gasteiger partial charge < -0.3 is 10.2 Å². The minimum Gasteiger partial charge on any atom is -0.308 e. The minimum atomic E-state index is -0.362. The predicted molar refractivity (Wildman–Crippen MR) is 72.7 cm³/mol. The fourth-order valence-electron chi connectivity index (χ4n) is 2.03. The molecule has 2 unspecified atom stereocenters. The average Bonchev–Trinajstić information content (AvgIpc) is 2.27. The van der Waals surface area contributed by atoms with Gasteiger partial charge in [0, 0.05) is 30.8 Å². The molecule has 100 valence electrons. The van der Waals surface area contributed by atoms with Gasteiger partial charge in [-0.1, -0.05) is 12.1 Å². The molecule has 0 aliphatic heterocycles. The van der Waals surface area contributed by atoms with E-state index in [1.807, 2.05) is 27.1 Å². The van der Waals surface area contributed by atoms with Gasteiger partial charge in [-0.3, -0.25) is 10.1 Å². The largest absolute Gasteiger partial charge is 0.308 e. The third-order valence-corrected chi connectivity index (χ3v) is 2.75. The first-order chi connectivity index (χ1) is 8.40. The Hall–Kier alpha value is -1.46. The van der Waals surface area contributed by atoms with Crippen molar-refractivity contribution in [1.29, 1.82) is 0 Å². The Morgan fingerprint density at radius 1 is 1.39 bits per heavy atom. The van der Waals surface area contributed by atoms with Gasteiger partial charge in [-0.25, -0.2) is 0 Å².